The van der Waals surface area contributed by atoms with E-state index in [1.165, 1.54) is 0 Å². The van der Waals surface area contributed by atoms with Crippen molar-refractivity contribution >= 4 is 0 Å². The van der Waals surface area contributed by atoms with E-state index in [9.17, 15) is 0 Å². The van der Waals surface area contributed by atoms with Crippen LogP contribution >= 0.6 is 0 Å². The van der Waals surface area contributed by atoms with Crippen LogP contribution in [-0.2, 0) is 9.47 Å². The van der Waals surface area contributed by atoms with Crippen molar-refractivity contribution in [2.45, 2.75) is 27.2 Å². The quantitative estimate of drug-likeness (QED) is 0.588. The van der Waals surface area contributed by atoms with Crippen LogP contribution in [0.3, 0.4) is 0 Å². The van der Waals surface area contributed by atoms with Crippen LogP contribution in [0.1, 0.15) is 27.2 Å². The number of hydrogen-bond acceptors (Lipinski definition) is 2. The molecule has 1 rings (SSSR count). The molecule has 2 heteroatoms. The summed E-state index contributed by atoms with van der Waals surface area (Å²) in [4.78, 5) is 0. The first kappa shape index (κ1) is 7.45. The molecule has 0 radical (unpaired) electrons. The molecule has 0 saturated heterocycles. The van der Waals surface area contributed by atoms with Crippen molar-refractivity contribution in [3.8, 4) is 0 Å². The molecule has 0 bridgehead atoms. The highest BCUT2D eigenvalue weighted by atomic mass is 16.7. The average molecular weight is 142 g/mol. The highest BCUT2D eigenvalue weighted by molar-refractivity contribution is 5.05. The molecule has 2 nitrogen and oxygen atoms in total. The predicted molar refractivity (Wildman–Crippen MR) is 39.2 cm³/mol. The molecule has 0 amide bonds. The van der Waals surface area contributed by atoms with Gasteiger partial charge < -0.3 is 9.47 Å². The van der Waals surface area contributed by atoms with Crippen molar-refractivity contribution in [2.75, 3.05) is 6.79 Å². The molecule has 0 aromatic heterocycles. The van der Waals surface area contributed by atoms with Gasteiger partial charge in [-0.25, -0.2) is 0 Å². The van der Waals surface area contributed by atoms with Gasteiger partial charge in [0.2, 0.25) is 6.79 Å². The molecule has 0 aromatic carbocycles. The van der Waals surface area contributed by atoms with Crippen molar-refractivity contribution < 1.29 is 9.47 Å². The maximum atomic E-state index is 5.28. The van der Waals surface area contributed by atoms with E-state index in [0.29, 0.717) is 12.7 Å². The van der Waals surface area contributed by atoms with E-state index in [1.807, 2.05) is 0 Å². The van der Waals surface area contributed by atoms with Crippen LogP contribution in [0.4, 0.5) is 0 Å². The van der Waals surface area contributed by atoms with Crippen molar-refractivity contribution in [3.63, 3.8) is 0 Å². The first-order chi connectivity index (χ1) is 4.75. The second kappa shape index (κ2) is 2.95. The van der Waals surface area contributed by atoms with E-state index in [4.69, 9.17) is 9.47 Å². The van der Waals surface area contributed by atoms with Crippen LogP contribution in [0.5, 0.6) is 0 Å². The van der Waals surface area contributed by atoms with Crippen LogP contribution in [0.25, 0.3) is 0 Å². The Morgan fingerprint density at radius 3 is 2.50 bits per heavy atom. The summed E-state index contributed by atoms with van der Waals surface area (Å²) in [6.45, 7) is 6.71. The molecule has 1 aliphatic heterocycles. The minimum Gasteiger partial charge on any atom is -0.458 e. The van der Waals surface area contributed by atoms with E-state index in [1.54, 1.807) is 0 Å². The molecule has 0 fully saturated rings. The first-order valence-electron chi connectivity index (χ1n) is 3.74. The maximum absolute atomic E-state index is 5.28. The SMILES string of the molecule is CCC1=C(C(C)C)OCO1. The zero-order chi connectivity index (χ0) is 7.56. The molecule has 10 heavy (non-hydrogen) atoms. The Morgan fingerprint density at radius 2 is 2.10 bits per heavy atom. The third kappa shape index (κ3) is 1.25. The summed E-state index contributed by atoms with van der Waals surface area (Å²) in [6, 6.07) is 0. The Kier molecular flexibility index (Phi) is 2.20. The summed E-state index contributed by atoms with van der Waals surface area (Å²) in [5.41, 5.74) is 0. The molecule has 0 saturated carbocycles. The molecule has 0 atom stereocenters. The van der Waals surface area contributed by atoms with Crippen LogP contribution in [0.15, 0.2) is 11.5 Å². The van der Waals surface area contributed by atoms with Gasteiger partial charge in [-0.05, 0) is 0 Å². The summed E-state index contributed by atoms with van der Waals surface area (Å²) in [6.07, 6.45) is 0.938. The molecule has 0 spiro atoms. The van der Waals surface area contributed by atoms with Gasteiger partial charge in [0, 0.05) is 12.3 Å². The fourth-order valence-corrected chi connectivity index (χ4v) is 1.08. The Bertz CT molecular complexity index is 147. The highest BCUT2D eigenvalue weighted by Crippen LogP contribution is 2.24. The Labute approximate surface area is 61.8 Å². The lowest BCUT2D eigenvalue weighted by Gasteiger charge is -2.04. The van der Waals surface area contributed by atoms with Crippen LogP contribution in [0.2, 0.25) is 0 Å². The van der Waals surface area contributed by atoms with Gasteiger partial charge in [-0.1, -0.05) is 20.8 Å². The topological polar surface area (TPSA) is 18.5 Å². The zero-order valence-electron chi connectivity index (χ0n) is 6.81. The van der Waals surface area contributed by atoms with Gasteiger partial charge in [0.1, 0.15) is 11.5 Å². The Balaban J connectivity index is 2.68. The van der Waals surface area contributed by atoms with Gasteiger partial charge in [0.05, 0.1) is 0 Å². The second-order valence-electron chi connectivity index (χ2n) is 2.70. The molecule has 1 heterocycles. The lowest BCUT2D eigenvalue weighted by atomic mass is 10.1. The monoisotopic (exact) mass is 142 g/mol. The van der Waals surface area contributed by atoms with Gasteiger partial charge in [-0.3, -0.25) is 0 Å². The molecule has 1 aliphatic rings. The summed E-state index contributed by atoms with van der Waals surface area (Å²) in [5.74, 6) is 2.51. The number of rotatable bonds is 2. The van der Waals surface area contributed by atoms with E-state index >= 15 is 0 Å². The average Bonchev–Trinajstić information content (AvgIpc) is 2.33. The van der Waals surface area contributed by atoms with Crippen molar-refractivity contribution in [1.82, 2.24) is 0 Å². The molecular weight excluding hydrogens is 128 g/mol. The lowest BCUT2D eigenvalue weighted by molar-refractivity contribution is 0.0633. The Morgan fingerprint density at radius 1 is 1.40 bits per heavy atom. The molecule has 0 N–H and O–H groups in total. The summed E-state index contributed by atoms with van der Waals surface area (Å²) in [7, 11) is 0. The summed E-state index contributed by atoms with van der Waals surface area (Å²) in [5, 5.41) is 0. The third-order valence-corrected chi connectivity index (χ3v) is 1.57. The Hall–Kier alpha value is -0.660. The number of allylic oxidation sites excluding steroid dienone is 2. The maximum Gasteiger partial charge on any atom is 0.230 e. The molecule has 0 aliphatic carbocycles. The first-order valence-corrected chi connectivity index (χ1v) is 3.74. The van der Waals surface area contributed by atoms with E-state index in [-0.39, 0.29) is 0 Å². The molecule has 0 unspecified atom stereocenters. The lowest BCUT2D eigenvalue weighted by Crippen LogP contribution is -1.95. The fraction of sp³-hybridized carbons (Fsp3) is 0.750. The van der Waals surface area contributed by atoms with E-state index < -0.39 is 0 Å². The van der Waals surface area contributed by atoms with Crippen molar-refractivity contribution in [3.05, 3.63) is 11.5 Å². The third-order valence-electron chi connectivity index (χ3n) is 1.57. The highest BCUT2D eigenvalue weighted by Gasteiger charge is 2.17. The summed E-state index contributed by atoms with van der Waals surface area (Å²) < 4.78 is 10.5. The van der Waals surface area contributed by atoms with Crippen molar-refractivity contribution in [1.29, 1.82) is 0 Å². The fourth-order valence-electron chi connectivity index (χ4n) is 1.08. The normalized spacial score (nSPS) is 17.6. The smallest absolute Gasteiger partial charge is 0.230 e. The standard InChI is InChI=1S/C8H14O2/c1-4-7-8(6(2)3)10-5-9-7/h6H,4-5H2,1-3H3. The minimum atomic E-state index is 0.413. The minimum absolute atomic E-state index is 0.413. The van der Waals surface area contributed by atoms with Crippen molar-refractivity contribution in [2.24, 2.45) is 5.92 Å². The van der Waals surface area contributed by atoms with Crippen LogP contribution in [-0.4, -0.2) is 6.79 Å². The van der Waals surface area contributed by atoms with Gasteiger partial charge >= 0.3 is 0 Å². The number of ether oxygens (including phenoxy) is 2. The van der Waals surface area contributed by atoms with Gasteiger partial charge in [0.15, 0.2) is 0 Å². The molecular formula is C8H14O2. The largest absolute Gasteiger partial charge is 0.458 e. The van der Waals surface area contributed by atoms with Crippen LogP contribution in [0, 0.1) is 5.92 Å². The van der Waals surface area contributed by atoms with Gasteiger partial charge in [-0.15, -0.1) is 0 Å². The predicted octanol–water partition coefficient (Wildman–Crippen LogP) is 2.27. The summed E-state index contributed by atoms with van der Waals surface area (Å²) >= 11 is 0. The van der Waals surface area contributed by atoms with E-state index in [0.717, 1.165) is 17.9 Å². The van der Waals surface area contributed by atoms with E-state index in [2.05, 4.69) is 20.8 Å². The number of hydrogen-bond donors (Lipinski definition) is 0. The van der Waals surface area contributed by atoms with Crippen LogP contribution < -0.4 is 0 Å². The van der Waals surface area contributed by atoms with Gasteiger partial charge in [0.25, 0.3) is 0 Å². The zero-order valence-corrected chi connectivity index (χ0v) is 6.81. The van der Waals surface area contributed by atoms with Gasteiger partial charge in [-0.2, -0.15) is 0 Å². The molecule has 58 valence electrons. The molecule has 0 aromatic rings. The second-order valence-corrected chi connectivity index (χ2v) is 2.70.